The number of nitrogens with zero attached hydrogens (tertiary/aromatic N) is 1. The number of carboxylic acids is 1. The fraction of sp³-hybridized carbons (Fsp3) is 0.125. The van der Waals surface area contributed by atoms with Gasteiger partial charge < -0.3 is 15.3 Å². The van der Waals surface area contributed by atoms with Gasteiger partial charge in [0.25, 0.3) is 11.8 Å². The first-order chi connectivity index (χ1) is 16.5. The van der Waals surface area contributed by atoms with Gasteiger partial charge in [-0.3, -0.25) is 9.59 Å². The highest BCUT2D eigenvalue weighted by molar-refractivity contribution is 14.1. The number of anilines is 1. The van der Waals surface area contributed by atoms with Crippen LogP contribution in [0.1, 0.15) is 39.1 Å². The van der Waals surface area contributed by atoms with Gasteiger partial charge in [0.15, 0.2) is 6.04 Å². The first-order valence-corrected chi connectivity index (χ1v) is 11.5. The van der Waals surface area contributed by atoms with E-state index in [-0.39, 0.29) is 22.4 Å². The molecule has 3 aromatic carbocycles. The van der Waals surface area contributed by atoms with Gasteiger partial charge in [0, 0.05) is 8.59 Å². The highest BCUT2D eigenvalue weighted by Gasteiger charge is 2.44. The van der Waals surface area contributed by atoms with Crippen molar-refractivity contribution in [2.75, 3.05) is 5.32 Å². The fourth-order valence-electron chi connectivity index (χ4n) is 3.89. The summed E-state index contributed by atoms with van der Waals surface area (Å²) in [7, 11) is 0. The van der Waals surface area contributed by atoms with Gasteiger partial charge in [-0.15, -0.1) is 0 Å². The van der Waals surface area contributed by atoms with Crippen molar-refractivity contribution in [3.8, 4) is 0 Å². The molecule has 0 bridgehead atoms. The number of rotatable bonds is 4. The molecule has 4 rings (SSSR count). The van der Waals surface area contributed by atoms with Crippen molar-refractivity contribution in [3.05, 3.63) is 97.6 Å². The summed E-state index contributed by atoms with van der Waals surface area (Å²) in [6, 6.07) is 10.9. The molecular weight excluding hydrogens is 600 g/mol. The Kier molecular flexibility index (Phi) is 6.78. The van der Waals surface area contributed by atoms with Gasteiger partial charge in [-0.2, -0.15) is 13.2 Å². The van der Waals surface area contributed by atoms with Crippen molar-refractivity contribution in [1.82, 2.24) is 4.90 Å². The molecule has 0 saturated heterocycles. The Morgan fingerprint density at radius 2 is 1.66 bits per heavy atom. The number of benzene rings is 3. The molecule has 2 N–H and O–H groups in total. The molecule has 0 fully saturated rings. The fourth-order valence-corrected chi connectivity index (χ4v) is 4.50. The number of carboxylic acid groups (broad SMARTS) is 1. The van der Waals surface area contributed by atoms with Gasteiger partial charge in [-0.1, -0.05) is 35.9 Å². The van der Waals surface area contributed by atoms with Crippen molar-refractivity contribution >= 4 is 57.7 Å². The van der Waals surface area contributed by atoms with E-state index in [1.54, 1.807) is 6.07 Å². The van der Waals surface area contributed by atoms with Crippen molar-refractivity contribution in [1.29, 1.82) is 0 Å². The van der Waals surface area contributed by atoms with Crippen molar-refractivity contribution in [2.45, 2.75) is 18.3 Å². The minimum Gasteiger partial charge on any atom is -0.479 e. The minimum atomic E-state index is -4.61. The Labute approximate surface area is 215 Å². The van der Waals surface area contributed by atoms with Crippen LogP contribution in [0.15, 0.2) is 66.7 Å². The van der Waals surface area contributed by atoms with Crippen molar-refractivity contribution < 1.29 is 32.7 Å². The Bertz CT molecular complexity index is 1310. The van der Waals surface area contributed by atoms with Crippen LogP contribution in [-0.2, 0) is 15.8 Å². The number of amides is 2. The normalized spacial score (nSPS) is 16.8. The van der Waals surface area contributed by atoms with Crippen LogP contribution in [0.5, 0.6) is 0 Å². The topological polar surface area (TPSA) is 86.7 Å². The number of alkyl halides is 3. The zero-order valence-electron chi connectivity index (χ0n) is 17.5. The number of carbonyl (C=O) groups is 3. The van der Waals surface area contributed by atoms with Crippen LogP contribution in [0, 0.1) is 3.57 Å². The summed E-state index contributed by atoms with van der Waals surface area (Å²) in [6.07, 6.45) is -4.61. The second kappa shape index (κ2) is 9.50. The van der Waals surface area contributed by atoms with Crippen LogP contribution in [-0.4, -0.2) is 27.8 Å². The van der Waals surface area contributed by atoms with E-state index < -0.39 is 41.6 Å². The Balaban J connectivity index is 1.93. The third-order valence-electron chi connectivity index (χ3n) is 5.48. The second-order valence-corrected chi connectivity index (χ2v) is 9.39. The summed E-state index contributed by atoms with van der Waals surface area (Å²) in [5, 5.41) is 13.1. The summed E-state index contributed by atoms with van der Waals surface area (Å²) >= 11 is 7.91. The molecule has 0 radical (unpaired) electrons. The van der Waals surface area contributed by atoms with Gasteiger partial charge in [-0.25, -0.2) is 4.79 Å². The van der Waals surface area contributed by atoms with Gasteiger partial charge in [0.05, 0.1) is 16.8 Å². The van der Waals surface area contributed by atoms with Crippen LogP contribution in [0.3, 0.4) is 0 Å². The quantitative estimate of drug-likeness (QED) is 0.357. The third kappa shape index (κ3) is 4.98. The molecule has 180 valence electrons. The zero-order valence-corrected chi connectivity index (χ0v) is 20.4. The smallest absolute Gasteiger partial charge is 0.416 e. The molecule has 6 nitrogen and oxygen atoms in total. The molecule has 2 amide bonds. The number of hydrogen-bond donors (Lipinski definition) is 2. The molecule has 0 saturated carbocycles. The summed E-state index contributed by atoms with van der Waals surface area (Å²) in [5.41, 5.74) is -0.543. The maximum absolute atomic E-state index is 13.8. The zero-order chi connectivity index (χ0) is 25.5. The van der Waals surface area contributed by atoms with E-state index in [9.17, 15) is 32.7 Å². The molecule has 1 aliphatic heterocycles. The molecule has 0 aliphatic carbocycles. The average Bonchev–Trinajstić information content (AvgIpc) is 2.89. The van der Waals surface area contributed by atoms with Gasteiger partial charge in [0.2, 0.25) is 0 Å². The van der Waals surface area contributed by atoms with Crippen molar-refractivity contribution in [3.63, 3.8) is 0 Å². The van der Waals surface area contributed by atoms with E-state index in [0.717, 1.165) is 29.2 Å². The van der Waals surface area contributed by atoms with E-state index in [1.165, 1.54) is 36.4 Å². The number of nitrogens with one attached hydrogen (secondary N) is 1. The van der Waals surface area contributed by atoms with Crippen LogP contribution in [0.4, 0.5) is 18.9 Å². The van der Waals surface area contributed by atoms with Gasteiger partial charge >= 0.3 is 12.1 Å². The number of fused-ring (bicyclic) bond motifs is 1. The number of hydrogen-bond acceptors (Lipinski definition) is 3. The summed E-state index contributed by atoms with van der Waals surface area (Å²) in [5.74, 6) is -2.97. The molecule has 11 heteroatoms. The summed E-state index contributed by atoms with van der Waals surface area (Å²) in [4.78, 5) is 40.5. The van der Waals surface area contributed by atoms with E-state index in [0.29, 0.717) is 8.59 Å². The molecule has 0 spiro atoms. The largest absolute Gasteiger partial charge is 0.479 e. The lowest BCUT2D eigenvalue weighted by Gasteiger charge is -2.34. The van der Waals surface area contributed by atoms with E-state index in [4.69, 9.17) is 11.6 Å². The Morgan fingerprint density at radius 3 is 2.23 bits per heavy atom. The second-order valence-electron chi connectivity index (χ2n) is 7.71. The minimum absolute atomic E-state index is 0.0200. The Morgan fingerprint density at radius 1 is 1.03 bits per heavy atom. The molecule has 0 unspecified atom stereocenters. The molecule has 35 heavy (non-hydrogen) atoms. The van der Waals surface area contributed by atoms with Crippen LogP contribution < -0.4 is 5.32 Å². The predicted octanol–water partition coefficient (Wildman–Crippen LogP) is 5.92. The molecule has 1 aliphatic rings. The lowest BCUT2D eigenvalue weighted by Crippen LogP contribution is -2.44. The summed E-state index contributed by atoms with van der Waals surface area (Å²) < 4.78 is 40.0. The highest BCUT2D eigenvalue weighted by atomic mass is 127. The lowest BCUT2D eigenvalue weighted by atomic mass is 9.97. The highest BCUT2D eigenvalue weighted by Crippen LogP contribution is 2.39. The van der Waals surface area contributed by atoms with E-state index in [2.05, 4.69) is 5.32 Å². The molecule has 2 atom stereocenters. The average molecular weight is 615 g/mol. The maximum Gasteiger partial charge on any atom is 0.416 e. The maximum atomic E-state index is 13.8. The third-order valence-corrected chi connectivity index (χ3v) is 6.41. The van der Waals surface area contributed by atoms with Gasteiger partial charge in [0.1, 0.15) is 6.04 Å². The SMILES string of the molecule is O=C(O)[C@H](c1ccc(Cl)cc1)N1C(=O)c2cc(I)ccc2NC(=O)[C@@H]1c1ccc(C(F)(F)F)cc1. The van der Waals surface area contributed by atoms with Crippen molar-refractivity contribution in [2.24, 2.45) is 0 Å². The number of halogens is 5. The molecule has 3 aromatic rings. The standard InChI is InChI=1S/C24H15ClF3IN2O4/c25-15-7-3-13(4-8-15)20(23(34)35)31-19(12-1-5-14(6-2-12)24(26,27)28)21(32)30-18-10-9-16(29)11-17(18)22(31)33/h1-11,19-20H,(H,30,32)(H,34,35)/t19-,20-/m0/s1. The lowest BCUT2D eigenvalue weighted by molar-refractivity contribution is -0.144. The molecule has 0 aromatic heterocycles. The Hall–Kier alpha value is -3.12. The molecule has 1 heterocycles. The monoisotopic (exact) mass is 614 g/mol. The first-order valence-electron chi connectivity index (χ1n) is 10.1. The number of carbonyl (C=O) groups excluding carboxylic acids is 2. The predicted molar refractivity (Wildman–Crippen MR) is 130 cm³/mol. The van der Waals surface area contributed by atoms with Crippen LogP contribution in [0.25, 0.3) is 0 Å². The van der Waals surface area contributed by atoms with Crippen LogP contribution >= 0.6 is 34.2 Å². The summed E-state index contributed by atoms with van der Waals surface area (Å²) in [6.45, 7) is 0. The number of aliphatic carboxylic acids is 1. The van der Waals surface area contributed by atoms with E-state index >= 15 is 0 Å². The van der Waals surface area contributed by atoms with E-state index in [1.807, 2.05) is 22.6 Å². The van der Waals surface area contributed by atoms with Gasteiger partial charge in [-0.05, 0) is 76.2 Å². The molecular formula is C24H15ClF3IN2O4. The first kappa shape index (κ1) is 25.0. The van der Waals surface area contributed by atoms with Crippen LogP contribution in [0.2, 0.25) is 5.02 Å².